The zero-order valence-corrected chi connectivity index (χ0v) is 22.3. The van der Waals surface area contributed by atoms with Crippen molar-refractivity contribution in [3.63, 3.8) is 0 Å². The Bertz CT molecular complexity index is 362. The van der Waals surface area contributed by atoms with Gasteiger partial charge in [-0.3, -0.25) is 0 Å². The van der Waals surface area contributed by atoms with E-state index in [0.717, 1.165) is 38.4 Å². The van der Waals surface area contributed by atoms with Gasteiger partial charge in [0.2, 0.25) is 0 Å². The van der Waals surface area contributed by atoms with E-state index in [1.807, 2.05) is 41.5 Å². The molecule has 0 radical (unpaired) electrons. The number of nitrogens with one attached hydrogen (secondary N) is 1. The molecule has 0 rings (SSSR count). The third-order valence-electron chi connectivity index (χ3n) is 4.65. The molecule has 0 aromatic rings. The monoisotopic (exact) mass is 468 g/mol. The van der Waals surface area contributed by atoms with Gasteiger partial charge < -0.3 is 37.6 Å². The molecule has 0 aliphatic heterocycles. The molecule has 0 saturated heterocycles. The van der Waals surface area contributed by atoms with Crippen molar-refractivity contribution in [2.75, 3.05) is 59.3 Å². The average Bonchev–Trinajstić information content (AvgIpc) is 2.71. The van der Waals surface area contributed by atoms with Crippen LogP contribution >= 0.6 is 0 Å². The Morgan fingerprint density at radius 2 is 1.13 bits per heavy atom. The van der Waals surface area contributed by atoms with Crippen LogP contribution in [0.4, 0.5) is 0 Å². The molecule has 0 aromatic heterocycles. The van der Waals surface area contributed by atoms with Crippen molar-refractivity contribution in [1.82, 2.24) is 5.32 Å². The van der Waals surface area contributed by atoms with Gasteiger partial charge >= 0.3 is 17.6 Å². The Kier molecular flexibility index (Phi) is 18.7. The highest BCUT2D eigenvalue weighted by Gasteiger charge is 2.48. The van der Waals surface area contributed by atoms with Gasteiger partial charge in [0, 0.05) is 51.2 Å². The number of nitrogens with two attached hydrogens (primary N) is 1. The van der Waals surface area contributed by atoms with Crippen LogP contribution in [0, 0.1) is 0 Å². The minimum Gasteiger partial charge on any atom is -0.374 e. The summed E-state index contributed by atoms with van der Waals surface area (Å²) in [5, 5.41) is 3.54. The van der Waals surface area contributed by atoms with Crippen LogP contribution in [-0.4, -0.2) is 76.9 Å². The summed E-state index contributed by atoms with van der Waals surface area (Å²) in [6, 6.07) is 0.817. The summed E-state index contributed by atoms with van der Waals surface area (Å²) in [5.41, 5.74) is 6.09. The molecule has 10 heteroatoms. The number of hydrogen-bond acceptors (Lipinski definition) is 8. The second-order valence-electron chi connectivity index (χ2n) is 6.80. The molecule has 0 aromatic carbocycles. The van der Waals surface area contributed by atoms with Crippen LogP contribution in [0.25, 0.3) is 0 Å². The van der Waals surface area contributed by atoms with Gasteiger partial charge in [0.05, 0.1) is 0 Å². The minimum atomic E-state index is -2.75. The van der Waals surface area contributed by atoms with Crippen molar-refractivity contribution in [2.24, 2.45) is 5.73 Å². The summed E-state index contributed by atoms with van der Waals surface area (Å²) < 4.78 is 36.1. The molecule has 182 valence electrons. The first kappa shape index (κ1) is 30.1. The van der Waals surface area contributed by atoms with Gasteiger partial charge in [-0.1, -0.05) is 0 Å². The standard InChI is InChI=1S/C20H48N2O6Si2/c1-7-23-29(24-8-2,25-9-3)19-13-17-22-18-15-20(14-16-21)30(26-10-4,27-11-5)28-12-6/h20,22H,7-19,21H2,1-6H3. The summed E-state index contributed by atoms with van der Waals surface area (Å²) in [6.07, 6.45) is 2.69. The first-order valence-corrected chi connectivity index (χ1v) is 15.5. The van der Waals surface area contributed by atoms with Crippen molar-refractivity contribution in [2.45, 2.75) is 72.4 Å². The summed E-state index contributed by atoms with van der Waals surface area (Å²) in [5.74, 6) is 0. The van der Waals surface area contributed by atoms with Crippen molar-refractivity contribution < 1.29 is 26.6 Å². The van der Waals surface area contributed by atoms with Gasteiger partial charge in [-0.15, -0.1) is 0 Å². The predicted molar refractivity (Wildman–Crippen MR) is 126 cm³/mol. The second-order valence-corrected chi connectivity index (χ2v) is 12.4. The van der Waals surface area contributed by atoms with Gasteiger partial charge in [-0.2, -0.15) is 0 Å². The van der Waals surface area contributed by atoms with Gasteiger partial charge in [-0.05, 0) is 80.4 Å². The molecule has 30 heavy (non-hydrogen) atoms. The summed E-state index contributed by atoms with van der Waals surface area (Å²) in [7, 11) is -5.31. The van der Waals surface area contributed by atoms with Crippen LogP contribution < -0.4 is 11.1 Å². The third-order valence-corrected chi connectivity index (χ3v) is 11.5. The molecule has 0 aliphatic carbocycles. The van der Waals surface area contributed by atoms with Crippen molar-refractivity contribution in [1.29, 1.82) is 0 Å². The SMILES string of the molecule is CCO[Si](CCCNCCC(CCN)[Si](OCC)(OCC)OCC)(OCC)OCC. The Morgan fingerprint density at radius 3 is 1.53 bits per heavy atom. The maximum absolute atomic E-state index is 6.10. The maximum Gasteiger partial charge on any atom is 0.504 e. The predicted octanol–water partition coefficient (Wildman–Crippen LogP) is 3.17. The normalized spacial score (nSPS) is 13.7. The van der Waals surface area contributed by atoms with Crippen molar-refractivity contribution in [3.05, 3.63) is 0 Å². The zero-order valence-electron chi connectivity index (χ0n) is 20.3. The van der Waals surface area contributed by atoms with E-state index in [-0.39, 0.29) is 5.54 Å². The molecule has 1 unspecified atom stereocenters. The molecule has 0 heterocycles. The van der Waals surface area contributed by atoms with E-state index < -0.39 is 17.6 Å². The smallest absolute Gasteiger partial charge is 0.374 e. The molecule has 3 N–H and O–H groups in total. The molecule has 0 spiro atoms. The zero-order chi connectivity index (χ0) is 22.7. The third kappa shape index (κ3) is 11.1. The molecular weight excluding hydrogens is 420 g/mol. The van der Waals surface area contributed by atoms with Crippen LogP contribution in [0.15, 0.2) is 0 Å². The maximum atomic E-state index is 6.10. The van der Waals surface area contributed by atoms with Gasteiger partial charge in [0.25, 0.3) is 0 Å². The average molecular weight is 469 g/mol. The Balaban J connectivity index is 4.71. The molecular formula is C20H48N2O6Si2. The Hall–Kier alpha value is 0.114. The highest BCUT2D eigenvalue weighted by molar-refractivity contribution is 6.62. The van der Waals surface area contributed by atoms with E-state index in [1.165, 1.54) is 0 Å². The largest absolute Gasteiger partial charge is 0.504 e. The highest BCUT2D eigenvalue weighted by atomic mass is 28.4. The molecule has 1 atom stereocenters. The van der Waals surface area contributed by atoms with Gasteiger partial charge in [0.1, 0.15) is 0 Å². The lowest BCUT2D eigenvalue weighted by atomic mass is 10.2. The van der Waals surface area contributed by atoms with Crippen LogP contribution in [0.3, 0.4) is 0 Å². The number of hydrogen-bond donors (Lipinski definition) is 2. The topological polar surface area (TPSA) is 93.4 Å². The molecule has 0 saturated carbocycles. The summed E-state index contributed by atoms with van der Waals surface area (Å²) in [6.45, 7) is 17.8. The first-order valence-electron chi connectivity index (χ1n) is 11.8. The van der Waals surface area contributed by atoms with Crippen molar-refractivity contribution >= 4 is 17.6 Å². The van der Waals surface area contributed by atoms with E-state index >= 15 is 0 Å². The quantitative estimate of drug-likeness (QED) is 0.185. The highest BCUT2D eigenvalue weighted by Crippen LogP contribution is 2.32. The van der Waals surface area contributed by atoms with E-state index in [9.17, 15) is 0 Å². The molecule has 0 bridgehead atoms. The second kappa shape index (κ2) is 18.7. The lowest BCUT2D eigenvalue weighted by Gasteiger charge is -2.35. The fraction of sp³-hybridized carbons (Fsp3) is 1.00. The Morgan fingerprint density at radius 1 is 0.667 bits per heavy atom. The molecule has 0 fully saturated rings. The lowest BCUT2D eigenvalue weighted by molar-refractivity contribution is 0.0588. The van der Waals surface area contributed by atoms with Gasteiger partial charge in [-0.25, -0.2) is 0 Å². The van der Waals surface area contributed by atoms with E-state index in [4.69, 9.17) is 32.3 Å². The number of rotatable bonds is 22. The molecule has 8 nitrogen and oxygen atoms in total. The first-order chi connectivity index (χ1) is 14.5. The fourth-order valence-electron chi connectivity index (χ4n) is 3.61. The molecule has 0 aliphatic rings. The van der Waals surface area contributed by atoms with Crippen LogP contribution in [0.5, 0.6) is 0 Å². The van der Waals surface area contributed by atoms with E-state index in [0.29, 0.717) is 46.2 Å². The van der Waals surface area contributed by atoms with Crippen LogP contribution in [0.1, 0.15) is 60.8 Å². The van der Waals surface area contributed by atoms with Crippen LogP contribution in [0.2, 0.25) is 11.6 Å². The van der Waals surface area contributed by atoms with E-state index in [2.05, 4.69) is 5.32 Å². The Labute approximate surface area is 187 Å². The lowest BCUT2D eigenvalue weighted by Crippen LogP contribution is -2.51. The minimum absolute atomic E-state index is 0.193. The van der Waals surface area contributed by atoms with E-state index in [1.54, 1.807) is 0 Å². The fourth-order valence-corrected chi connectivity index (χ4v) is 9.41. The summed E-state index contributed by atoms with van der Waals surface area (Å²) in [4.78, 5) is 0. The van der Waals surface area contributed by atoms with Gasteiger partial charge in [0.15, 0.2) is 0 Å². The van der Waals surface area contributed by atoms with Crippen molar-refractivity contribution in [3.8, 4) is 0 Å². The molecule has 0 amide bonds. The van der Waals surface area contributed by atoms with Crippen LogP contribution in [-0.2, 0) is 26.6 Å². The summed E-state index contributed by atoms with van der Waals surface area (Å²) >= 11 is 0.